The second-order valence-corrected chi connectivity index (χ2v) is 12.8. The minimum atomic E-state index is -0.997. The van der Waals surface area contributed by atoms with Crippen molar-refractivity contribution in [2.45, 2.75) is 71.6 Å². The Labute approximate surface area is 266 Å². The fourth-order valence-corrected chi connectivity index (χ4v) is 5.39. The van der Waals surface area contributed by atoms with Crippen molar-refractivity contribution in [3.8, 4) is 18.0 Å². The Balaban J connectivity index is 1.93. The van der Waals surface area contributed by atoms with Crippen molar-refractivity contribution >= 4 is 28.9 Å². The molecule has 3 aromatic rings. The number of fused-ring (bicyclic) bond motifs is 1. The van der Waals surface area contributed by atoms with Crippen molar-refractivity contribution in [1.29, 1.82) is 0 Å². The van der Waals surface area contributed by atoms with Crippen molar-refractivity contribution < 1.29 is 18.7 Å². The molecule has 1 fully saturated rings. The van der Waals surface area contributed by atoms with Gasteiger partial charge in [0.15, 0.2) is 5.65 Å². The van der Waals surface area contributed by atoms with E-state index in [1.165, 1.54) is 45.4 Å². The Kier molecular flexibility index (Phi) is 9.71. The maximum atomic E-state index is 14.8. The Bertz CT molecular complexity index is 1860. The first-order valence-electron chi connectivity index (χ1n) is 14.4. The number of hydrogen-bond acceptors (Lipinski definition) is 7. The predicted octanol–water partition coefficient (Wildman–Crippen LogP) is 5.25. The summed E-state index contributed by atoms with van der Waals surface area (Å²) in [6.45, 7) is 11.1. The highest BCUT2D eigenvalue weighted by Gasteiger charge is 2.48. The van der Waals surface area contributed by atoms with Gasteiger partial charge in [-0.15, -0.1) is 6.42 Å². The summed E-state index contributed by atoms with van der Waals surface area (Å²) >= 11 is 6.64. The molecule has 1 aliphatic heterocycles. The van der Waals surface area contributed by atoms with E-state index in [4.69, 9.17) is 27.5 Å². The van der Waals surface area contributed by atoms with E-state index in [-0.39, 0.29) is 53.9 Å². The first-order valence-corrected chi connectivity index (χ1v) is 14.8. The van der Waals surface area contributed by atoms with Crippen molar-refractivity contribution in [2.24, 2.45) is 0 Å². The molecule has 0 radical (unpaired) electrons. The van der Waals surface area contributed by atoms with Crippen LogP contribution in [0.5, 0.6) is 0 Å². The minimum absolute atomic E-state index is 0.0836. The van der Waals surface area contributed by atoms with E-state index >= 15 is 0 Å². The molecular weight excluding hydrogens is 601 g/mol. The number of aromatic nitrogens is 4. The number of hydrogen-bond donors (Lipinski definition) is 0. The average Bonchev–Trinajstić information content (AvgIpc) is 2.93. The van der Waals surface area contributed by atoms with E-state index in [9.17, 15) is 18.8 Å². The zero-order chi connectivity index (χ0) is 33.3. The third-order valence-electron chi connectivity index (χ3n) is 7.36. The number of nitrogens with zero attached hydrogens (tertiary/aromatic N) is 5. The molecule has 0 aromatic carbocycles. The summed E-state index contributed by atoms with van der Waals surface area (Å²) in [7, 11) is 1.47. The molecule has 0 bridgehead atoms. The van der Waals surface area contributed by atoms with Gasteiger partial charge in [0.05, 0.1) is 47.2 Å². The van der Waals surface area contributed by atoms with Gasteiger partial charge in [0, 0.05) is 19.7 Å². The Morgan fingerprint density at radius 3 is 2.56 bits per heavy atom. The molecule has 0 aliphatic carbocycles. The maximum Gasteiger partial charge on any atom is 0.410 e. The maximum absolute atomic E-state index is 14.8. The molecule has 0 N–H and O–H groups in total. The van der Waals surface area contributed by atoms with Crippen LogP contribution in [0.25, 0.3) is 16.9 Å². The lowest BCUT2D eigenvalue weighted by atomic mass is 9.94. The molecule has 10 nitrogen and oxygen atoms in total. The van der Waals surface area contributed by atoms with Gasteiger partial charge < -0.3 is 14.4 Å². The van der Waals surface area contributed by atoms with Crippen molar-refractivity contribution in [1.82, 2.24) is 24.0 Å². The van der Waals surface area contributed by atoms with Crippen LogP contribution in [0, 0.1) is 19.3 Å². The van der Waals surface area contributed by atoms with Gasteiger partial charge in [-0.2, -0.15) is 0 Å². The summed E-state index contributed by atoms with van der Waals surface area (Å²) in [5, 5.41) is 0.0905. The molecular formula is C33H37ClFN5O5. The van der Waals surface area contributed by atoms with Crippen molar-refractivity contribution in [2.75, 3.05) is 20.2 Å². The fourth-order valence-electron chi connectivity index (χ4n) is 5.17. The number of terminal acetylenes is 1. The molecule has 3 aromatic heterocycles. The van der Waals surface area contributed by atoms with Crippen LogP contribution in [0.2, 0.25) is 5.02 Å². The number of amides is 1. The number of aryl methyl sites for hydroxylation is 1. The minimum Gasteiger partial charge on any atom is -0.444 e. The van der Waals surface area contributed by atoms with E-state index in [1.54, 1.807) is 33.0 Å². The number of carbonyl (C=O) groups excluding carboxylic acids is 1. The highest BCUT2D eigenvalue weighted by molar-refractivity contribution is 6.31. The molecule has 12 heteroatoms. The standard InChI is InChI=1S/C33H37ClFN5O5/c1-9-10-11-12-22(35)15-24-23(34)16-25-28(37-24)40(27-21(4)13-14-36-26(27)20(2)3)30(42)29(41)39(25)19-33(44-8)17-38(18-33)31(43)45-32(5,6)7/h1,10-14,16,20H,15,17-19H2,2-8H3/b11-10-,22-12+. The van der Waals surface area contributed by atoms with E-state index < -0.39 is 34.2 Å². The third kappa shape index (κ3) is 7.02. The number of halogens is 2. The summed E-state index contributed by atoms with van der Waals surface area (Å²) in [5.41, 5.74) is -1.23. The molecule has 45 heavy (non-hydrogen) atoms. The molecule has 4 rings (SSSR count). The lowest BCUT2D eigenvalue weighted by molar-refractivity contribution is -0.129. The molecule has 1 saturated heterocycles. The smallest absolute Gasteiger partial charge is 0.410 e. The second kappa shape index (κ2) is 13.0. The molecule has 0 saturated carbocycles. The average molecular weight is 638 g/mol. The third-order valence-corrected chi connectivity index (χ3v) is 7.69. The van der Waals surface area contributed by atoms with Crippen LogP contribution >= 0.6 is 11.6 Å². The Morgan fingerprint density at radius 1 is 1.27 bits per heavy atom. The van der Waals surface area contributed by atoms with Crippen LogP contribution in [0.3, 0.4) is 0 Å². The lowest BCUT2D eigenvalue weighted by Gasteiger charge is -2.48. The van der Waals surface area contributed by atoms with E-state index in [0.717, 1.165) is 0 Å². The normalized spacial score (nSPS) is 15.0. The molecule has 0 spiro atoms. The van der Waals surface area contributed by atoms with Gasteiger partial charge in [-0.3, -0.25) is 23.7 Å². The lowest BCUT2D eigenvalue weighted by Crippen LogP contribution is -2.67. The van der Waals surface area contributed by atoms with Crippen LogP contribution < -0.4 is 11.1 Å². The second-order valence-electron chi connectivity index (χ2n) is 12.3. The summed E-state index contributed by atoms with van der Waals surface area (Å²) < 4.78 is 28.6. The van der Waals surface area contributed by atoms with Crippen LogP contribution in [-0.2, 0) is 22.4 Å². The van der Waals surface area contributed by atoms with E-state index in [2.05, 4.69) is 15.9 Å². The van der Waals surface area contributed by atoms with Crippen molar-refractivity contribution in [3.63, 3.8) is 0 Å². The molecule has 238 valence electrons. The monoisotopic (exact) mass is 637 g/mol. The molecule has 1 amide bonds. The topological polar surface area (TPSA) is 109 Å². The zero-order valence-electron chi connectivity index (χ0n) is 26.5. The fraction of sp³-hybridized carbons (Fsp3) is 0.424. The van der Waals surface area contributed by atoms with Gasteiger partial charge in [0.25, 0.3) is 0 Å². The number of pyridine rings is 2. The number of likely N-dealkylation sites (tertiary alicyclic amines) is 1. The van der Waals surface area contributed by atoms with Crippen LogP contribution in [0.15, 0.2) is 52.0 Å². The SMILES string of the molecule is C#C/C=C\C=C(\F)Cc1nc2c(cc1Cl)n(CC1(OC)CN(C(=O)OC(C)(C)C)C1)c(=O)c(=O)n2-c1c(C)ccnc1C(C)C. The number of rotatable bonds is 8. The number of methoxy groups -OCH3 is 1. The van der Waals surface area contributed by atoms with Crippen LogP contribution in [-0.4, -0.2) is 61.5 Å². The number of allylic oxidation sites excluding steroid dienone is 4. The molecule has 1 aliphatic rings. The van der Waals surface area contributed by atoms with Gasteiger partial charge in [0.2, 0.25) is 0 Å². The first kappa shape index (κ1) is 33.6. The zero-order valence-corrected chi connectivity index (χ0v) is 27.2. The molecule has 0 atom stereocenters. The first-order chi connectivity index (χ1) is 21.1. The van der Waals surface area contributed by atoms with E-state index in [0.29, 0.717) is 16.9 Å². The largest absolute Gasteiger partial charge is 0.444 e. The number of carbonyl (C=O) groups is 1. The summed E-state index contributed by atoms with van der Waals surface area (Å²) in [6, 6.07) is 3.23. The predicted molar refractivity (Wildman–Crippen MR) is 172 cm³/mol. The van der Waals surface area contributed by atoms with Gasteiger partial charge in [-0.25, -0.2) is 14.2 Å². The van der Waals surface area contributed by atoms with E-state index in [1.807, 2.05) is 20.8 Å². The van der Waals surface area contributed by atoms with Crippen LogP contribution in [0.4, 0.5) is 9.18 Å². The molecule has 0 unspecified atom stereocenters. The Hall–Kier alpha value is -4.27. The summed E-state index contributed by atoms with van der Waals surface area (Å²) in [6.07, 6.45) is 9.97. The molecule has 4 heterocycles. The highest BCUT2D eigenvalue weighted by atomic mass is 35.5. The van der Waals surface area contributed by atoms with Gasteiger partial charge in [-0.1, -0.05) is 37.4 Å². The van der Waals surface area contributed by atoms with Gasteiger partial charge >= 0.3 is 17.2 Å². The van der Waals surface area contributed by atoms with Gasteiger partial charge in [-0.05, 0) is 63.5 Å². The van der Waals surface area contributed by atoms with Crippen molar-refractivity contribution in [3.05, 3.63) is 85.1 Å². The quantitative estimate of drug-likeness (QED) is 0.189. The van der Waals surface area contributed by atoms with Crippen LogP contribution in [0.1, 0.15) is 57.5 Å². The Morgan fingerprint density at radius 2 is 1.96 bits per heavy atom. The number of ether oxygens (including phenoxy) is 2. The summed E-state index contributed by atoms with van der Waals surface area (Å²) in [5.74, 6) is 1.62. The summed E-state index contributed by atoms with van der Waals surface area (Å²) in [4.78, 5) is 51.2. The van der Waals surface area contributed by atoms with Gasteiger partial charge in [0.1, 0.15) is 17.0 Å². The highest BCUT2D eigenvalue weighted by Crippen LogP contribution is 2.31.